The lowest BCUT2D eigenvalue weighted by molar-refractivity contribution is -0.148. The fourth-order valence-corrected chi connectivity index (χ4v) is 7.89. The molecule has 0 aliphatic heterocycles. The van der Waals surface area contributed by atoms with Gasteiger partial charge in [0.05, 0.1) is 22.5 Å². The number of anilines is 1. The van der Waals surface area contributed by atoms with Crippen LogP contribution in [0.15, 0.2) is 18.5 Å². The van der Waals surface area contributed by atoms with Gasteiger partial charge in [-0.1, -0.05) is 0 Å². The first-order valence-corrected chi connectivity index (χ1v) is 13.2. The molecule has 5 fully saturated rings. The van der Waals surface area contributed by atoms with Crippen LogP contribution in [0.1, 0.15) is 63.8 Å². The number of pyridine rings is 1. The molecule has 3 aromatic rings. The molecule has 0 aromatic carbocycles. The maximum absolute atomic E-state index is 13.5. The Morgan fingerprint density at radius 1 is 1.08 bits per heavy atom. The molecule has 4 bridgehead atoms. The summed E-state index contributed by atoms with van der Waals surface area (Å²) in [4.78, 5) is 33.1. The third-order valence-corrected chi connectivity index (χ3v) is 9.21. The van der Waals surface area contributed by atoms with Crippen LogP contribution in [0.5, 0.6) is 0 Å². The van der Waals surface area contributed by atoms with Crippen molar-refractivity contribution in [3.05, 3.63) is 18.5 Å². The lowest BCUT2D eigenvalue weighted by atomic mass is 9.52. The maximum atomic E-state index is 13.5. The molecule has 5 atom stereocenters. The summed E-state index contributed by atoms with van der Waals surface area (Å²) < 4.78 is 28.9. The molecule has 9 nitrogen and oxygen atoms in total. The lowest BCUT2D eigenvalue weighted by Crippen LogP contribution is -2.55. The van der Waals surface area contributed by atoms with Crippen molar-refractivity contribution >= 4 is 39.6 Å². The highest BCUT2D eigenvalue weighted by Crippen LogP contribution is 2.60. The number of hydrogen-bond acceptors (Lipinski definition) is 5. The Bertz CT molecular complexity index is 1390. The minimum absolute atomic E-state index is 0.0863. The molecule has 5 saturated carbocycles. The number of carbonyl (C=O) groups excluding carboxylic acids is 2. The Labute approximate surface area is 211 Å². The van der Waals surface area contributed by atoms with Crippen LogP contribution in [0.4, 0.5) is 14.6 Å². The Morgan fingerprint density at radius 2 is 1.81 bits per heavy atom. The fourth-order valence-electron chi connectivity index (χ4n) is 7.89. The minimum Gasteiger partial charge on any atom is -0.390 e. The summed E-state index contributed by atoms with van der Waals surface area (Å²) in [5.74, 6) is -3.07. The molecule has 196 valence electrons. The highest BCUT2D eigenvalue weighted by Gasteiger charge is 2.56. The van der Waals surface area contributed by atoms with Crippen LogP contribution in [-0.4, -0.2) is 54.2 Å². The van der Waals surface area contributed by atoms with Crippen LogP contribution in [-0.2, 0) is 9.59 Å². The van der Waals surface area contributed by atoms with E-state index < -0.39 is 29.4 Å². The Morgan fingerprint density at radius 3 is 2.51 bits per heavy atom. The third-order valence-electron chi connectivity index (χ3n) is 9.21. The van der Waals surface area contributed by atoms with E-state index in [0.717, 1.165) is 43.0 Å². The molecule has 3 heterocycles. The first-order chi connectivity index (χ1) is 17.7. The molecule has 8 rings (SSSR count). The van der Waals surface area contributed by atoms with Crippen LogP contribution in [0.3, 0.4) is 0 Å². The van der Waals surface area contributed by atoms with Gasteiger partial charge in [-0.2, -0.15) is 5.10 Å². The summed E-state index contributed by atoms with van der Waals surface area (Å²) in [6.07, 6.45) is 7.62. The number of H-pyrrole nitrogens is 1. The molecule has 0 spiro atoms. The highest BCUT2D eigenvalue weighted by atomic mass is 19.3. The van der Waals surface area contributed by atoms with Crippen molar-refractivity contribution in [1.82, 2.24) is 25.1 Å². The van der Waals surface area contributed by atoms with E-state index in [9.17, 15) is 23.5 Å². The van der Waals surface area contributed by atoms with Crippen molar-refractivity contribution in [1.29, 1.82) is 0 Å². The van der Waals surface area contributed by atoms with Crippen molar-refractivity contribution < 1.29 is 23.5 Å². The van der Waals surface area contributed by atoms with E-state index in [2.05, 4.69) is 20.6 Å². The third kappa shape index (κ3) is 3.81. The summed E-state index contributed by atoms with van der Waals surface area (Å²) in [6.45, 7) is 0. The van der Waals surface area contributed by atoms with Crippen molar-refractivity contribution in [2.75, 3.05) is 5.32 Å². The van der Waals surface area contributed by atoms with Crippen molar-refractivity contribution in [3.63, 3.8) is 0 Å². The number of nitrogens with one attached hydrogen (secondary N) is 3. The number of rotatable bonds is 3. The van der Waals surface area contributed by atoms with Gasteiger partial charge in [0.25, 0.3) is 0 Å². The first kappa shape index (κ1) is 23.1. The van der Waals surface area contributed by atoms with Gasteiger partial charge in [0.15, 0.2) is 5.82 Å². The quantitative estimate of drug-likeness (QED) is 0.399. The summed E-state index contributed by atoms with van der Waals surface area (Å²) in [5.41, 5.74) is 0.973. The maximum Gasteiger partial charge on any atom is 0.314 e. The SMILES string of the molecule is O=C(Nc1nn([C@H]2[C@@H]3CC4C[C@H]2C[C@@](O)(C4)C3)c2c1cnc1[nH]ccc12)C(=O)NC1CCC(F)(F)CC1. The van der Waals surface area contributed by atoms with Crippen LogP contribution < -0.4 is 10.6 Å². The topological polar surface area (TPSA) is 125 Å². The van der Waals surface area contributed by atoms with Gasteiger partial charge in [-0.3, -0.25) is 14.3 Å². The van der Waals surface area contributed by atoms with Gasteiger partial charge in [0.2, 0.25) is 5.92 Å². The first-order valence-electron chi connectivity index (χ1n) is 13.2. The monoisotopic (exact) mass is 512 g/mol. The smallest absolute Gasteiger partial charge is 0.314 e. The second-order valence-electron chi connectivity index (χ2n) is 11.8. The zero-order valence-electron chi connectivity index (χ0n) is 20.3. The van der Waals surface area contributed by atoms with Gasteiger partial charge in [-0.25, -0.2) is 13.8 Å². The van der Waals surface area contributed by atoms with E-state index >= 15 is 0 Å². The number of aliphatic hydroxyl groups is 1. The number of aromatic amines is 1. The normalized spacial score (nSPS) is 32.7. The standard InChI is InChI=1S/C26H30F2N6O3/c27-26(28)4-1-16(2-5-26)31-23(35)24(36)32-22-18-12-30-21-17(3-6-29-21)20(18)34(33-22)19-14-7-13-8-15(19)11-25(37,9-13)10-14/h3,6,12-16,19,37H,1-2,4-5,7-11H2,(H,29,30)(H,31,35)(H,32,33,36)/t13?,14-,15+,19+,25-. The van der Waals surface area contributed by atoms with Gasteiger partial charge >= 0.3 is 11.8 Å². The Hall–Kier alpha value is -3.08. The van der Waals surface area contributed by atoms with Gasteiger partial charge in [0.1, 0.15) is 5.65 Å². The van der Waals surface area contributed by atoms with Crippen LogP contribution >= 0.6 is 0 Å². The average Bonchev–Trinajstić information content (AvgIpc) is 3.44. The van der Waals surface area contributed by atoms with Gasteiger partial charge in [0, 0.05) is 36.7 Å². The van der Waals surface area contributed by atoms with Gasteiger partial charge < -0.3 is 20.7 Å². The molecule has 2 amide bonds. The van der Waals surface area contributed by atoms with Crippen LogP contribution in [0.25, 0.3) is 21.9 Å². The van der Waals surface area contributed by atoms with Gasteiger partial charge in [-0.15, -0.1) is 0 Å². The van der Waals surface area contributed by atoms with E-state index in [1.807, 2.05) is 16.9 Å². The zero-order chi connectivity index (χ0) is 25.5. The Kier molecular flexibility index (Phi) is 4.96. The summed E-state index contributed by atoms with van der Waals surface area (Å²) in [5, 5.41) is 22.7. The number of halogens is 2. The molecule has 37 heavy (non-hydrogen) atoms. The number of nitrogens with zero attached hydrogens (tertiary/aromatic N) is 3. The van der Waals surface area contributed by atoms with E-state index in [4.69, 9.17) is 5.10 Å². The molecular weight excluding hydrogens is 482 g/mol. The van der Waals surface area contributed by atoms with E-state index in [1.54, 1.807) is 6.20 Å². The number of amides is 2. The molecule has 0 radical (unpaired) electrons. The van der Waals surface area contributed by atoms with Crippen molar-refractivity contribution in [2.45, 2.75) is 81.4 Å². The predicted octanol–water partition coefficient (Wildman–Crippen LogP) is 3.66. The Balaban J connectivity index is 1.20. The second-order valence-corrected chi connectivity index (χ2v) is 11.8. The van der Waals surface area contributed by atoms with Crippen molar-refractivity contribution in [3.8, 4) is 0 Å². The fraction of sp³-hybridized carbons (Fsp3) is 0.615. The molecular formula is C26H30F2N6O3. The number of alkyl halides is 2. The highest BCUT2D eigenvalue weighted by molar-refractivity contribution is 6.40. The molecule has 0 saturated heterocycles. The molecule has 5 aliphatic rings. The van der Waals surface area contributed by atoms with E-state index in [0.29, 0.717) is 17.0 Å². The molecule has 3 aromatic heterocycles. The summed E-state index contributed by atoms with van der Waals surface area (Å²) in [6, 6.07) is 1.57. The summed E-state index contributed by atoms with van der Waals surface area (Å²) >= 11 is 0. The van der Waals surface area contributed by atoms with Crippen LogP contribution in [0.2, 0.25) is 0 Å². The minimum atomic E-state index is -2.71. The molecule has 1 unspecified atom stereocenters. The molecule has 11 heteroatoms. The zero-order valence-corrected chi connectivity index (χ0v) is 20.3. The van der Waals surface area contributed by atoms with E-state index in [1.165, 1.54) is 0 Å². The van der Waals surface area contributed by atoms with Crippen molar-refractivity contribution in [2.24, 2.45) is 17.8 Å². The van der Waals surface area contributed by atoms with Crippen LogP contribution in [0, 0.1) is 17.8 Å². The second kappa shape index (κ2) is 7.96. The number of carbonyl (C=O) groups is 2. The lowest BCUT2D eigenvalue weighted by Gasteiger charge is -2.57. The predicted molar refractivity (Wildman–Crippen MR) is 131 cm³/mol. The summed E-state index contributed by atoms with van der Waals surface area (Å²) in [7, 11) is 0. The van der Waals surface area contributed by atoms with E-state index in [-0.39, 0.29) is 49.4 Å². The number of aromatic nitrogens is 4. The molecule has 4 N–H and O–H groups in total. The number of hydrogen-bond donors (Lipinski definition) is 4. The number of fused-ring (bicyclic) bond motifs is 3. The average molecular weight is 513 g/mol. The largest absolute Gasteiger partial charge is 0.390 e. The molecule has 5 aliphatic carbocycles. The van der Waals surface area contributed by atoms with Gasteiger partial charge in [-0.05, 0) is 68.8 Å².